The summed E-state index contributed by atoms with van der Waals surface area (Å²) >= 11 is 0. The molecule has 0 aromatic carbocycles. The minimum atomic E-state index is 0.101. The van der Waals surface area contributed by atoms with Crippen LogP contribution < -0.4 is 0 Å². The van der Waals surface area contributed by atoms with Crippen LogP contribution >= 0.6 is 0 Å². The highest BCUT2D eigenvalue weighted by Crippen LogP contribution is 2.41. The van der Waals surface area contributed by atoms with Gasteiger partial charge in [-0.15, -0.1) is 0 Å². The van der Waals surface area contributed by atoms with Crippen LogP contribution in [-0.2, 0) is 9.53 Å². The molecule has 0 N–H and O–H groups in total. The van der Waals surface area contributed by atoms with Gasteiger partial charge >= 0.3 is 0 Å². The summed E-state index contributed by atoms with van der Waals surface area (Å²) in [5.74, 6) is 0.303. The van der Waals surface area contributed by atoms with Crippen molar-refractivity contribution in [3.63, 3.8) is 0 Å². The number of allylic oxidation sites excluding steroid dienone is 3. The third-order valence-corrected chi connectivity index (χ3v) is 3.89. The molecule has 2 heterocycles. The van der Waals surface area contributed by atoms with Crippen LogP contribution in [0, 0.1) is 5.41 Å². The van der Waals surface area contributed by atoms with Crippen molar-refractivity contribution in [1.82, 2.24) is 4.90 Å². The summed E-state index contributed by atoms with van der Waals surface area (Å²) < 4.78 is 5.50. The number of ketones is 1. The third-order valence-electron chi connectivity index (χ3n) is 3.89. The van der Waals surface area contributed by atoms with Crippen molar-refractivity contribution in [3.8, 4) is 0 Å². The molecule has 92 valence electrons. The fourth-order valence-corrected chi connectivity index (χ4v) is 3.07. The van der Waals surface area contributed by atoms with E-state index in [1.165, 1.54) is 5.70 Å². The second-order valence-electron chi connectivity index (χ2n) is 6.00. The average molecular weight is 233 g/mol. The molecule has 0 spiro atoms. The first kappa shape index (κ1) is 11.0. The average Bonchev–Trinajstić information content (AvgIpc) is 2.27. The standard InChI is InChI=1S/C14H19NO2/c1-14(2)7-12-11(13(16)8-14)4-3-10-9-17-6-5-15(10)12/h3-4,10H,5-9H2,1-2H3/t10-/m0/s1. The lowest BCUT2D eigenvalue weighted by atomic mass is 9.74. The summed E-state index contributed by atoms with van der Waals surface area (Å²) in [6, 6.07) is 0.337. The van der Waals surface area contributed by atoms with E-state index in [1.54, 1.807) is 0 Å². The number of hydrogen-bond acceptors (Lipinski definition) is 3. The van der Waals surface area contributed by atoms with Crippen molar-refractivity contribution < 1.29 is 9.53 Å². The molecule has 0 amide bonds. The van der Waals surface area contributed by atoms with Gasteiger partial charge in [-0.05, 0) is 11.8 Å². The molecule has 0 saturated carbocycles. The zero-order valence-electron chi connectivity index (χ0n) is 10.5. The van der Waals surface area contributed by atoms with Gasteiger partial charge in [-0.1, -0.05) is 26.0 Å². The van der Waals surface area contributed by atoms with E-state index in [2.05, 4.69) is 24.8 Å². The number of carbonyl (C=O) groups excluding carboxylic acids is 1. The van der Waals surface area contributed by atoms with Gasteiger partial charge < -0.3 is 9.64 Å². The molecule has 3 rings (SSSR count). The highest BCUT2D eigenvalue weighted by molar-refractivity contribution is 6.00. The number of Topliss-reactive ketones (excluding diaryl/α,β-unsaturated/α-hetero) is 1. The van der Waals surface area contributed by atoms with Gasteiger partial charge in [-0.2, -0.15) is 0 Å². The lowest BCUT2D eigenvalue weighted by Crippen LogP contribution is -2.48. The lowest BCUT2D eigenvalue weighted by molar-refractivity contribution is -0.118. The van der Waals surface area contributed by atoms with Crippen LogP contribution in [0.15, 0.2) is 23.4 Å². The Morgan fingerprint density at radius 3 is 3.06 bits per heavy atom. The molecule has 2 aliphatic heterocycles. The summed E-state index contributed by atoms with van der Waals surface area (Å²) in [4.78, 5) is 14.5. The Balaban J connectivity index is 1.99. The largest absolute Gasteiger partial charge is 0.377 e. The van der Waals surface area contributed by atoms with Crippen LogP contribution in [0.1, 0.15) is 26.7 Å². The minimum Gasteiger partial charge on any atom is -0.377 e. The maximum absolute atomic E-state index is 12.2. The van der Waals surface area contributed by atoms with E-state index < -0.39 is 0 Å². The summed E-state index contributed by atoms with van der Waals surface area (Å²) in [5.41, 5.74) is 2.30. The van der Waals surface area contributed by atoms with Crippen molar-refractivity contribution in [1.29, 1.82) is 0 Å². The Labute approximate surface area is 102 Å². The molecular weight excluding hydrogens is 214 g/mol. The van der Waals surface area contributed by atoms with Gasteiger partial charge in [-0.25, -0.2) is 0 Å². The Hall–Kier alpha value is -1.09. The normalized spacial score (nSPS) is 31.3. The van der Waals surface area contributed by atoms with Crippen LogP contribution in [0.5, 0.6) is 0 Å². The van der Waals surface area contributed by atoms with E-state index in [9.17, 15) is 4.79 Å². The maximum atomic E-state index is 12.2. The van der Waals surface area contributed by atoms with Crippen molar-refractivity contribution in [2.75, 3.05) is 19.8 Å². The smallest absolute Gasteiger partial charge is 0.165 e. The fraction of sp³-hybridized carbons (Fsp3) is 0.643. The molecule has 0 radical (unpaired) electrons. The van der Waals surface area contributed by atoms with E-state index >= 15 is 0 Å². The highest BCUT2D eigenvalue weighted by Gasteiger charge is 2.38. The third kappa shape index (κ3) is 1.82. The van der Waals surface area contributed by atoms with Gasteiger partial charge in [-0.3, -0.25) is 4.79 Å². The van der Waals surface area contributed by atoms with Crippen LogP contribution in [-0.4, -0.2) is 36.5 Å². The number of nitrogens with zero attached hydrogens (tertiary/aromatic N) is 1. The molecule has 1 atom stereocenters. The Morgan fingerprint density at radius 1 is 1.41 bits per heavy atom. The van der Waals surface area contributed by atoms with E-state index in [0.29, 0.717) is 18.2 Å². The Morgan fingerprint density at radius 2 is 2.24 bits per heavy atom. The van der Waals surface area contributed by atoms with Crippen LogP contribution in [0.3, 0.4) is 0 Å². The van der Waals surface area contributed by atoms with E-state index in [0.717, 1.165) is 31.8 Å². The Bertz CT molecular complexity index is 420. The summed E-state index contributed by atoms with van der Waals surface area (Å²) in [7, 11) is 0. The summed E-state index contributed by atoms with van der Waals surface area (Å²) in [5, 5.41) is 0. The van der Waals surface area contributed by atoms with Crippen molar-refractivity contribution in [2.45, 2.75) is 32.7 Å². The second-order valence-corrected chi connectivity index (χ2v) is 6.00. The quantitative estimate of drug-likeness (QED) is 0.640. The molecule has 3 heteroatoms. The van der Waals surface area contributed by atoms with Crippen molar-refractivity contribution >= 4 is 5.78 Å². The number of morpholine rings is 1. The van der Waals surface area contributed by atoms with Crippen molar-refractivity contribution in [3.05, 3.63) is 23.4 Å². The number of ether oxygens (including phenoxy) is 1. The van der Waals surface area contributed by atoms with Gasteiger partial charge in [0.2, 0.25) is 0 Å². The van der Waals surface area contributed by atoms with Gasteiger partial charge in [0, 0.05) is 24.2 Å². The first-order valence-corrected chi connectivity index (χ1v) is 6.36. The molecule has 3 aliphatic rings. The molecule has 3 nitrogen and oxygen atoms in total. The summed E-state index contributed by atoms with van der Waals surface area (Å²) in [6.45, 7) is 6.81. The zero-order chi connectivity index (χ0) is 12.0. The van der Waals surface area contributed by atoms with Gasteiger partial charge in [0.1, 0.15) is 0 Å². The first-order valence-electron chi connectivity index (χ1n) is 6.36. The van der Waals surface area contributed by atoms with E-state index in [4.69, 9.17) is 4.74 Å². The van der Waals surface area contributed by atoms with Crippen molar-refractivity contribution in [2.24, 2.45) is 5.41 Å². The second kappa shape index (κ2) is 3.70. The number of fused-ring (bicyclic) bond motifs is 2. The minimum absolute atomic E-state index is 0.101. The predicted molar refractivity (Wildman–Crippen MR) is 65.5 cm³/mol. The highest BCUT2D eigenvalue weighted by atomic mass is 16.5. The summed E-state index contributed by atoms with van der Waals surface area (Å²) in [6.07, 6.45) is 5.82. The molecule has 0 unspecified atom stereocenters. The van der Waals surface area contributed by atoms with Crippen LogP contribution in [0.2, 0.25) is 0 Å². The number of carbonyl (C=O) groups is 1. The van der Waals surface area contributed by atoms with Crippen LogP contribution in [0.4, 0.5) is 0 Å². The lowest BCUT2D eigenvalue weighted by Gasteiger charge is -2.44. The zero-order valence-corrected chi connectivity index (χ0v) is 10.5. The molecule has 0 aromatic rings. The first-order chi connectivity index (χ1) is 8.07. The monoisotopic (exact) mass is 233 g/mol. The SMILES string of the molecule is CC1(C)CC(=O)C2=C(C1)N1CCOC[C@@H]1C=C2. The molecule has 0 aromatic heterocycles. The topological polar surface area (TPSA) is 29.5 Å². The molecular formula is C14H19NO2. The Kier molecular flexibility index (Phi) is 2.40. The molecule has 17 heavy (non-hydrogen) atoms. The van der Waals surface area contributed by atoms with E-state index in [-0.39, 0.29) is 5.41 Å². The molecule has 0 bridgehead atoms. The van der Waals surface area contributed by atoms with Gasteiger partial charge in [0.25, 0.3) is 0 Å². The number of rotatable bonds is 0. The molecule has 1 fully saturated rings. The van der Waals surface area contributed by atoms with E-state index in [1.807, 2.05) is 6.08 Å². The fourth-order valence-electron chi connectivity index (χ4n) is 3.07. The maximum Gasteiger partial charge on any atom is 0.165 e. The molecule has 1 aliphatic carbocycles. The molecule has 1 saturated heterocycles. The van der Waals surface area contributed by atoms with Gasteiger partial charge in [0.15, 0.2) is 5.78 Å². The number of hydrogen-bond donors (Lipinski definition) is 0. The predicted octanol–water partition coefficient (Wildman–Crippen LogP) is 1.90. The van der Waals surface area contributed by atoms with Crippen LogP contribution in [0.25, 0.3) is 0 Å². The van der Waals surface area contributed by atoms with Gasteiger partial charge in [0.05, 0.1) is 19.3 Å².